The molecule has 1 radical (unpaired) electrons. The van der Waals surface area contributed by atoms with Crippen LogP contribution in [-0.4, -0.2) is 10.8 Å². The zero-order chi connectivity index (χ0) is 4.28. The van der Waals surface area contributed by atoms with E-state index in [2.05, 4.69) is 15.8 Å². The molecule has 0 aliphatic rings. The summed E-state index contributed by atoms with van der Waals surface area (Å²) in [5.41, 5.74) is 0. The maximum Gasteiger partial charge on any atom is 0.247 e. The van der Waals surface area contributed by atoms with Gasteiger partial charge in [-0.25, -0.2) is 0 Å². The Hall–Kier alpha value is 1.12. The van der Waals surface area contributed by atoms with Crippen molar-refractivity contribution in [1.82, 2.24) is 0 Å². The fraction of sp³-hybridized carbons (Fsp3) is 1.00. The SMILES string of the molecule is ClC(Cl)[B]Br. The molecular formula is CHBBrCl2. The van der Waals surface area contributed by atoms with Crippen molar-refractivity contribution in [2.45, 2.75) is 4.74 Å². The molecule has 5 heavy (non-hydrogen) atoms. The smallest absolute Gasteiger partial charge is 0.162 e. The zero-order valence-corrected chi connectivity index (χ0v) is 5.39. The van der Waals surface area contributed by atoms with Gasteiger partial charge in [0, 0.05) is 0 Å². The maximum atomic E-state index is 5.13. The molecule has 0 heterocycles. The van der Waals surface area contributed by atoms with Crippen LogP contribution in [0.25, 0.3) is 0 Å². The van der Waals surface area contributed by atoms with Gasteiger partial charge in [-0.3, -0.25) is 0 Å². The minimum atomic E-state index is -0.380. The van der Waals surface area contributed by atoms with E-state index < -0.39 is 0 Å². The van der Waals surface area contributed by atoms with Gasteiger partial charge in [-0.2, -0.15) is 15.8 Å². The van der Waals surface area contributed by atoms with Crippen LogP contribution in [0.1, 0.15) is 0 Å². The summed E-state index contributed by atoms with van der Waals surface area (Å²) in [5.74, 6) is 0. The van der Waals surface area contributed by atoms with Crippen LogP contribution in [0.3, 0.4) is 0 Å². The quantitative estimate of drug-likeness (QED) is 0.420. The van der Waals surface area contributed by atoms with E-state index in [0.29, 0.717) is 0 Å². The molecule has 0 aromatic rings. The largest absolute Gasteiger partial charge is 0.247 e. The van der Waals surface area contributed by atoms with Crippen molar-refractivity contribution in [2.75, 3.05) is 0 Å². The summed E-state index contributed by atoms with van der Waals surface area (Å²) in [6.45, 7) is 0. The molecular weight excluding hydrogens is 174 g/mol. The third-order valence-corrected chi connectivity index (χ3v) is 1.48. The molecule has 0 unspecified atom stereocenters. The van der Waals surface area contributed by atoms with Gasteiger partial charge in [0.15, 0.2) is 0 Å². The highest BCUT2D eigenvalue weighted by atomic mass is 79.9. The Balaban J connectivity index is 2.54. The lowest BCUT2D eigenvalue weighted by molar-refractivity contribution is 1.95. The van der Waals surface area contributed by atoms with E-state index in [-0.39, 0.29) is 4.74 Å². The van der Waals surface area contributed by atoms with E-state index in [1.807, 2.05) is 0 Å². The van der Waals surface area contributed by atoms with E-state index in [1.165, 1.54) is 6.10 Å². The summed E-state index contributed by atoms with van der Waals surface area (Å²) in [4.78, 5) is 0. The predicted molar refractivity (Wildman–Crippen MR) is 30.2 cm³/mol. The molecule has 29 valence electrons. The van der Waals surface area contributed by atoms with Gasteiger partial charge in [-0.15, -0.1) is 23.2 Å². The summed E-state index contributed by atoms with van der Waals surface area (Å²) in [5, 5.41) is 0. The standard InChI is InChI=1S/CHBBrCl2/c3-2-1(4)5/h1H. The summed E-state index contributed by atoms with van der Waals surface area (Å²) < 4.78 is -0.380. The van der Waals surface area contributed by atoms with E-state index in [0.717, 1.165) is 0 Å². The Morgan fingerprint density at radius 2 is 1.80 bits per heavy atom. The number of halogens is 3. The number of hydrogen-bond acceptors (Lipinski definition) is 0. The van der Waals surface area contributed by atoms with Crippen LogP contribution in [0, 0.1) is 0 Å². The second kappa shape index (κ2) is 3.32. The molecule has 0 aliphatic heterocycles. The highest BCUT2D eigenvalue weighted by Gasteiger charge is 1.92. The van der Waals surface area contributed by atoms with E-state index >= 15 is 0 Å². The van der Waals surface area contributed by atoms with Gasteiger partial charge in [0.2, 0.25) is 6.10 Å². The summed E-state index contributed by atoms with van der Waals surface area (Å²) in [6.07, 6.45) is 1.51. The summed E-state index contributed by atoms with van der Waals surface area (Å²) >= 11 is 13.2. The lowest BCUT2D eigenvalue weighted by Gasteiger charge is -1.80. The predicted octanol–water partition coefficient (Wildman–Crippen LogP) is 1.76. The van der Waals surface area contributed by atoms with E-state index in [4.69, 9.17) is 23.2 Å². The van der Waals surface area contributed by atoms with Crippen molar-refractivity contribution < 1.29 is 0 Å². The van der Waals surface area contributed by atoms with Crippen molar-refractivity contribution in [3.63, 3.8) is 0 Å². The third-order valence-electron chi connectivity index (χ3n) is 0.0952. The minimum Gasteiger partial charge on any atom is -0.162 e. The van der Waals surface area contributed by atoms with Crippen LogP contribution in [0.2, 0.25) is 0 Å². The molecule has 0 bridgehead atoms. The lowest BCUT2D eigenvalue weighted by Crippen LogP contribution is -1.87. The fourth-order valence-electron chi connectivity index (χ4n) is 0. The molecule has 0 aliphatic carbocycles. The average Bonchev–Trinajstić information content (AvgIpc) is 1.38. The first-order chi connectivity index (χ1) is 2.27. The number of hydrogen-bond donors (Lipinski definition) is 0. The van der Waals surface area contributed by atoms with Gasteiger partial charge in [0.05, 0.1) is 4.74 Å². The zero-order valence-electron chi connectivity index (χ0n) is 2.29. The molecule has 0 saturated heterocycles. The normalized spacial score (nSPS) is 8.80. The van der Waals surface area contributed by atoms with E-state index in [9.17, 15) is 0 Å². The molecule has 0 N–H and O–H groups in total. The Morgan fingerprint density at radius 1 is 1.60 bits per heavy atom. The molecule has 0 spiro atoms. The Morgan fingerprint density at radius 3 is 1.80 bits per heavy atom. The Bertz CT molecular complexity index is 23.6. The average molecular weight is 175 g/mol. The highest BCUT2D eigenvalue weighted by Crippen LogP contribution is 2.00. The molecule has 0 amide bonds. The molecule has 0 nitrogen and oxygen atoms in total. The molecule has 0 saturated carbocycles. The van der Waals surface area contributed by atoms with Crippen LogP contribution in [0.5, 0.6) is 0 Å². The first kappa shape index (κ1) is 6.12. The van der Waals surface area contributed by atoms with Crippen molar-refractivity contribution in [3.05, 3.63) is 0 Å². The fourth-order valence-corrected chi connectivity index (χ4v) is 0. The van der Waals surface area contributed by atoms with Gasteiger partial charge in [-0.1, -0.05) is 0 Å². The van der Waals surface area contributed by atoms with Gasteiger partial charge in [0.1, 0.15) is 0 Å². The first-order valence-electron chi connectivity index (χ1n) is 0.988. The topological polar surface area (TPSA) is 0 Å². The molecule has 0 atom stereocenters. The van der Waals surface area contributed by atoms with Crippen molar-refractivity contribution >= 4 is 45.1 Å². The Kier molecular flexibility index (Phi) is 4.07. The van der Waals surface area contributed by atoms with E-state index in [1.54, 1.807) is 0 Å². The number of rotatable bonds is 1. The van der Waals surface area contributed by atoms with Crippen molar-refractivity contribution in [3.8, 4) is 0 Å². The molecule has 0 aromatic heterocycles. The van der Waals surface area contributed by atoms with Crippen molar-refractivity contribution in [2.24, 2.45) is 0 Å². The highest BCUT2D eigenvalue weighted by molar-refractivity contribution is 9.23. The number of alkyl halides is 2. The van der Waals surface area contributed by atoms with Crippen LogP contribution < -0.4 is 0 Å². The second-order valence-corrected chi connectivity index (χ2v) is 2.15. The summed E-state index contributed by atoms with van der Waals surface area (Å²) in [6, 6.07) is 0. The van der Waals surface area contributed by atoms with Crippen molar-refractivity contribution in [1.29, 1.82) is 0 Å². The molecule has 4 heteroatoms. The lowest BCUT2D eigenvalue weighted by atomic mass is 10.2. The second-order valence-electron chi connectivity index (χ2n) is 0.460. The van der Waals surface area contributed by atoms with Gasteiger partial charge in [0.25, 0.3) is 0 Å². The maximum absolute atomic E-state index is 5.13. The van der Waals surface area contributed by atoms with Crippen LogP contribution in [0.15, 0.2) is 0 Å². The Labute approximate surface area is 50.0 Å². The van der Waals surface area contributed by atoms with Gasteiger partial charge in [-0.05, 0) is 0 Å². The third kappa shape index (κ3) is 5.12. The van der Waals surface area contributed by atoms with Crippen LogP contribution >= 0.6 is 39.0 Å². The minimum absolute atomic E-state index is 0.380. The van der Waals surface area contributed by atoms with Crippen LogP contribution in [-0.2, 0) is 0 Å². The van der Waals surface area contributed by atoms with Gasteiger partial charge >= 0.3 is 0 Å². The summed E-state index contributed by atoms with van der Waals surface area (Å²) in [7, 11) is 0. The first-order valence-corrected chi connectivity index (χ1v) is 2.78. The molecule has 0 rings (SSSR count). The molecule has 0 aromatic carbocycles. The molecule has 0 fully saturated rings. The monoisotopic (exact) mass is 173 g/mol. The van der Waals surface area contributed by atoms with Crippen LogP contribution in [0.4, 0.5) is 0 Å². The van der Waals surface area contributed by atoms with Gasteiger partial charge < -0.3 is 0 Å².